The second-order valence-electron chi connectivity index (χ2n) is 7.53. The van der Waals surface area contributed by atoms with E-state index in [-0.39, 0.29) is 24.0 Å². The number of guanidine groups is 1. The van der Waals surface area contributed by atoms with Crippen LogP contribution in [-0.4, -0.2) is 65.2 Å². The Bertz CT molecular complexity index is 1030. The number of hydrogen-bond donors (Lipinski definition) is 1. The molecule has 1 aliphatic heterocycles. The lowest BCUT2D eigenvalue weighted by atomic mass is 10.1. The van der Waals surface area contributed by atoms with Crippen molar-refractivity contribution >= 4 is 52.9 Å². The van der Waals surface area contributed by atoms with Gasteiger partial charge in [-0.25, -0.2) is 0 Å². The van der Waals surface area contributed by atoms with Crippen LogP contribution in [0.3, 0.4) is 0 Å². The zero-order valence-corrected chi connectivity index (χ0v) is 21.0. The van der Waals surface area contributed by atoms with Crippen LogP contribution in [0.5, 0.6) is 0 Å². The Morgan fingerprint density at radius 2 is 1.94 bits per heavy atom. The number of nitrogens with one attached hydrogen (secondary N) is 1. The highest BCUT2D eigenvalue weighted by molar-refractivity contribution is 14.0. The summed E-state index contributed by atoms with van der Waals surface area (Å²) in [5.74, 6) is 1.96. The van der Waals surface area contributed by atoms with Gasteiger partial charge < -0.3 is 15.1 Å². The number of halogens is 2. The second kappa shape index (κ2) is 11.0. The predicted octanol–water partition coefficient (Wildman–Crippen LogP) is 3.64. The first-order chi connectivity index (χ1) is 14.7. The number of pyridine rings is 1. The van der Waals surface area contributed by atoms with E-state index < -0.39 is 0 Å². The van der Waals surface area contributed by atoms with Gasteiger partial charge in [0.15, 0.2) is 11.6 Å². The van der Waals surface area contributed by atoms with E-state index in [9.17, 15) is 0 Å². The fourth-order valence-corrected chi connectivity index (χ4v) is 4.09. The van der Waals surface area contributed by atoms with Crippen LogP contribution >= 0.6 is 35.6 Å². The van der Waals surface area contributed by atoms with Crippen molar-refractivity contribution in [2.24, 2.45) is 4.99 Å². The number of aliphatic imine (C=N–C) groups is 1. The minimum atomic E-state index is 0. The van der Waals surface area contributed by atoms with Crippen LogP contribution in [0.1, 0.15) is 17.8 Å². The average Bonchev–Trinajstić information content (AvgIpc) is 3.19. The molecule has 1 aliphatic rings. The summed E-state index contributed by atoms with van der Waals surface area (Å²) >= 11 is 6.20. The highest BCUT2D eigenvalue weighted by Crippen LogP contribution is 2.25. The van der Waals surface area contributed by atoms with Gasteiger partial charge in [-0.15, -0.1) is 34.2 Å². The third-order valence-corrected chi connectivity index (χ3v) is 5.78. The van der Waals surface area contributed by atoms with Crippen molar-refractivity contribution in [3.05, 3.63) is 59.0 Å². The summed E-state index contributed by atoms with van der Waals surface area (Å²) in [5, 5.41) is 12.8. The number of fused-ring (bicyclic) bond motifs is 1. The maximum atomic E-state index is 6.20. The standard InChI is InChI=1S/C22H28ClN7.HI/c1-17-8-9-18(23)16-19(17)28-12-14-29(15-13-28)22(24-2)25-10-5-7-21-27-26-20-6-3-4-11-30(20)21;/h3-4,6,8-9,11,16H,5,7,10,12-15H2,1-2H3,(H,24,25);1H. The average molecular weight is 554 g/mol. The smallest absolute Gasteiger partial charge is 0.193 e. The van der Waals surface area contributed by atoms with E-state index in [2.05, 4.69) is 49.4 Å². The van der Waals surface area contributed by atoms with Crippen LogP contribution in [-0.2, 0) is 6.42 Å². The fourth-order valence-electron chi connectivity index (χ4n) is 3.92. The summed E-state index contributed by atoms with van der Waals surface area (Å²) in [7, 11) is 1.85. The quantitative estimate of drug-likeness (QED) is 0.226. The van der Waals surface area contributed by atoms with Crippen molar-refractivity contribution < 1.29 is 0 Å². The van der Waals surface area contributed by atoms with Crippen molar-refractivity contribution in [2.75, 3.05) is 44.7 Å². The van der Waals surface area contributed by atoms with Gasteiger partial charge >= 0.3 is 0 Å². The van der Waals surface area contributed by atoms with E-state index in [0.717, 1.165) is 68.0 Å². The van der Waals surface area contributed by atoms with E-state index in [0.29, 0.717) is 0 Å². The van der Waals surface area contributed by atoms with Gasteiger partial charge in [0.2, 0.25) is 0 Å². The van der Waals surface area contributed by atoms with Crippen molar-refractivity contribution in [3.63, 3.8) is 0 Å². The molecular formula is C22H29ClIN7. The minimum absolute atomic E-state index is 0. The normalized spacial score (nSPS) is 14.6. The Kier molecular flexibility index (Phi) is 8.36. The van der Waals surface area contributed by atoms with Gasteiger partial charge in [0, 0.05) is 63.1 Å². The van der Waals surface area contributed by atoms with Gasteiger partial charge in [0.1, 0.15) is 5.82 Å². The van der Waals surface area contributed by atoms with Crippen molar-refractivity contribution in [2.45, 2.75) is 19.8 Å². The van der Waals surface area contributed by atoms with Gasteiger partial charge in [-0.05, 0) is 43.2 Å². The zero-order chi connectivity index (χ0) is 20.9. The predicted molar refractivity (Wildman–Crippen MR) is 138 cm³/mol. The number of rotatable bonds is 5. The molecular weight excluding hydrogens is 525 g/mol. The number of anilines is 1. The molecule has 166 valence electrons. The van der Waals surface area contributed by atoms with Crippen LogP contribution in [0.4, 0.5) is 5.69 Å². The molecule has 4 rings (SSSR count). The topological polar surface area (TPSA) is 61.1 Å². The van der Waals surface area contributed by atoms with Crippen LogP contribution in [0, 0.1) is 6.92 Å². The number of benzene rings is 1. The molecule has 2 aromatic heterocycles. The van der Waals surface area contributed by atoms with Gasteiger partial charge in [0.25, 0.3) is 0 Å². The van der Waals surface area contributed by atoms with Crippen molar-refractivity contribution in [3.8, 4) is 0 Å². The molecule has 9 heteroatoms. The molecule has 3 heterocycles. The number of piperazine rings is 1. The number of aryl methyl sites for hydroxylation is 2. The Morgan fingerprint density at radius 1 is 1.13 bits per heavy atom. The molecule has 0 aliphatic carbocycles. The van der Waals surface area contributed by atoms with Gasteiger partial charge in [-0.1, -0.05) is 23.7 Å². The molecule has 3 aromatic rings. The molecule has 1 N–H and O–H groups in total. The van der Waals surface area contributed by atoms with Crippen LogP contribution in [0.2, 0.25) is 5.02 Å². The fraction of sp³-hybridized carbons (Fsp3) is 0.409. The Morgan fingerprint density at radius 3 is 2.71 bits per heavy atom. The van der Waals surface area contributed by atoms with Crippen molar-refractivity contribution in [1.82, 2.24) is 24.8 Å². The summed E-state index contributed by atoms with van der Waals surface area (Å²) in [5.41, 5.74) is 3.38. The van der Waals surface area contributed by atoms with Gasteiger partial charge in [0.05, 0.1) is 0 Å². The minimum Gasteiger partial charge on any atom is -0.368 e. The lowest BCUT2D eigenvalue weighted by molar-refractivity contribution is 0.372. The van der Waals surface area contributed by atoms with E-state index in [1.54, 1.807) is 0 Å². The molecule has 1 fully saturated rings. The summed E-state index contributed by atoms with van der Waals surface area (Å²) in [4.78, 5) is 9.21. The van der Waals surface area contributed by atoms with E-state index in [1.807, 2.05) is 41.9 Å². The van der Waals surface area contributed by atoms with Crippen LogP contribution in [0.15, 0.2) is 47.6 Å². The largest absolute Gasteiger partial charge is 0.368 e. The molecule has 7 nitrogen and oxygen atoms in total. The van der Waals surface area contributed by atoms with Crippen molar-refractivity contribution in [1.29, 1.82) is 0 Å². The number of nitrogens with zero attached hydrogens (tertiary/aromatic N) is 6. The Balaban J connectivity index is 0.00000272. The molecule has 1 saturated heterocycles. The van der Waals surface area contributed by atoms with Gasteiger partial charge in [-0.3, -0.25) is 9.39 Å². The summed E-state index contributed by atoms with van der Waals surface area (Å²) in [6.07, 6.45) is 3.85. The maximum absolute atomic E-state index is 6.20. The van der Waals surface area contributed by atoms with E-state index in [4.69, 9.17) is 11.6 Å². The molecule has 0 bridgehead atoms. The number of aromatic nitrogens is 3. The van der Waals surface area contributed by atoms with Gasteiger partial charge in [-0.2, -0.15) is 0 Å². The monoisotopic (exact) mass is 553 g/mol. The molecule has 0 atom stereocenters. The molecule has 0 spiro atoms. The van der Waals surface area contributed by atoms with Crippen LogP contribution < -0.4 is 10.2 Å². The molecule has 0 amide bonds. The first kappa shape index (κ1) is 23.6. The first-order valence-electron chi connectivity index (χ1n) is 10.4. The molecule has 31 heavy (non-hydrogen) atoms. The first-order valence-corrected chi connectivity index (χ1v) is 10.8. The Labute approximate surface area is 205 Å². The molecule has 0 unspecified atom stereocenters. The molecule has 1 aromatic carbocycles. The van der Waals surface area contributed by atoms with Crippen LogP contribution in [0.25, 0.3) is 5.65 Å². The molecule has 0 radical (unpaired) electrons. The van der Waals surface area contributed by atoms with E-state index in [1.165, 1.54) is 11.3 Å². The SMILES string of the molecule is CN=C(NCCCc1nnc2ccccn12)N1CCN(c2cc(Cl)ccc2C)CC1.I. The second-order valence-corrected chi connectivity index (χ2v) is 7.96. The summed E-state index contributed by atoms with van der Waals surface area (Å²) in [6.45, 7) is 6.75. The van der Waals surface area contributed by atoms with E-state index >= 15 is 0 Å². The lowest BCUT2D eigenvalue weighted by Crippen LogP contribution is -2.52. The zero-order valence-electron chi connectivity index (χ0n) is 18.0. The summed E-state index contributed by atoms with van der Waals surface area (Å²) < 4.78 is 2.05. The Hall–Kier alpha value is -2.07. The highest BCUT2D eigenvalue weighted by Gasteiger charge is 2.20. The third-order valence-electron chi connectivity index (χ3n) is 5.55. The molecule has 0 saturated carbocycles. The lowest BCUT2D eigenvalue weighted by Gasteiger charge is -2.38. The maximum Gasteiger partial charge on any atom is 0.193 e. The highest BCUT2D eigenvalue weighted by atomic mass is 127. The third kappa shape index (κ3) is 5.60. The summed E-state index contributed by atoms with van der Waals surface area (Å²) in [6, 6.07) is 12.1. The number of hydrogen-bond acceptors (Lipinski definition) is 4.